The molecular weight excluding hydrogens is 285 g/mol. The average molecular weight is 303 g/mol. The highest BCUT2D eigenvalue weighted by Gasteiger charge is 2.18. The second-order valence-corrected chi connectivity index (χ2v) is 5.43. The van der Waals surface area contributed by atoms with Crippen LogP contribution in [-0.4, -0.2) is 34.0 Å². The van der Waals surface area contributed by atoms with Gasteiger partial charge in [-0.1, -0.05) is 17.3 Å². The molecule has 1 aliphatic heterocycles. The van der Waals surface area contributed by atoms with Crippen LogP contribution in [0.15, 0.2) is 28.8 Å². The van der Waals surface area contributed by atoms with Gasteiger partial charge in [0, 0.05) is 25.9 Å². The topological polar surface area (TPSA) is 59.2 Å². The maximum absolute atomic E-state index is 13.7. The first-order valence-electron chi connectivity index (χ1n) is 7.59. The van der Waals surface area contributed by atoms with E-state index in [2.05, 4.69) is 10.1 Å². The molecule has 5 nitrogen and oxygen atoms in total. The number of carbonyl (C=O) groups excluding carboxylic acids is 1. The second-order valence-electron chi connectivity index (χ2n) is 5.43. The molecule has 6 heteroatoms. The van der Waals surface area contributed by atoms with Crippen molar-refractivity contribution in [2.45, 2.75) is 32.1 Å². The largest absolute Gasteiger partial charge is 0.343 e. The number of piperidine rings is 1. The van der Waals surface area contributed by atoms with Crippen molar-refractivity contribution in [1.29, 1.82) is 0 Å². The summed E-state index contributed by atoms with van der Waals surface area (Å²) in [6.45, 7) is 1.67. The van der Waals surface area contributed by atoms with Crippen LogP contribution in [0.5, 0.6) is 0 Å². The fourth-order valence-electron chi connectivity index (χ4n) is 2.62. The van der Waals surface area contributed by atoms with Gasteiger partial charge in [0.25, 0.3) is 0 Å². The predicted octanol–water partition coefficient (Wildman–Crippen LogP) is 2.82. The summed E-state index contributed by atoms with van der Waals surface area (Å²) in [6, 6.07) is 6.28. The van der Waals surface area contributed by atoms with Crippen LogP contribution in [0.25, 0.3) is 11.4 Å². The lowest BCUT2D eigenvalue weighted by atomic mass is 10.1. The number of nitrogens with zero attached hydrogens (tertiary/aromatic N) is 3. The quantitative estimate of drug-likeness (QED) is 0.871. The number of halogens is 1. The molecule has 0 radical (unpaired) electrons. The third kappa shape index (κ3) is 3.32. The number of hydrogen-bond donors (Lipinski definition) is 0. The minimum absolute atomic E-state index is 0.116. The monoisotopic (exact) mass is 303 g/mol. The maximum atomic E-state index is 13.7. The Hall–Kier alpha value is -2.24. The van der Waals surface area contributed by atoms with Crippen LogP contribution >= 0.6 is 0 Å². The van der Waals surface area contributed by atoms with Gasteiger partial charge in [0.05, 0.1) is 5.56 Å². The average Bonchev–Trinajstić information content (AvgIpc) is 3.02. The summed E-state index contributed by atoms with van der Waals surface area (Å²) in [6.07, 6.45) is 4.07. The van der Waals surface area contributed by atoms with Gasteiger partial charge in [-0.2, -0.15) is 4.98 Å². The van der Waals surface area contributed by atoms with Crippen molar-refractivity contribution < 1.29 is 13.7 Å². The van der Waals surface area contributed by atoms with Crippen LogP contribution in [0.2, 0.25) is 0 Å². The van der Waals surface area contributed by atoms with E-state index in [-0.39, 0.29) is 17.5 Å². The molecule has 0 aliphatic carbocycles. The number of hydrogen-bond acceptors (Lipinski definition) is 4. The van der Waals surface area contributed by atoms with E-state index in [1.165, 1.54) is 12.5 Å². The van der Waals surface area contributed by atoms with E-state index >= 15 is 0 Å². The summed E-state index contributed by atoms with van der Waals surface area (Å²) in [4.78, 5) is 18.1. The summed E-state index contributed by atoms with van der Waals surface area (Å²) in [5.74, 6) is 0.312. The maximum Gasteiger partial charge on any atom is 0.227 e. The van der Waals surface area contributed by atoms with E-state index in [1.807, 2.05) is 4.90 Å². The van der Waals surface area contributed by atoms with Gasteiger partial charge in [0.15, 0.2) is 0 Å². The van der Waals surface area contributed by atoms with Crippen LogP contribution in [-0.2, 0) is 11.2 Å². The molecule has 0 saturated carbocycles. The lowest BCUT2D eigenvalue weighted by Gasteiger charge is -2.26. The van der Waals surface area contributed by atoms with E-state index < -0.39 is 0 Å². The van der Waals surface area contributed by atoms with E-state index in [9.17, 15) is 9.18 Å². The number of aromatic nitrogens is 2. The third-order valence-electron chi connectivity index (χ3n) is 3.84. The Balaban J connectivity index is 1.60. The predicted molar refractivity (Wildman–Crippen MR) is 78.4 cm³/mol. The molecule has 1 aliphatic rings. The van der Waals surface area contributed by atoms with Gasteiger partial charge < -0.3 is 9.42 Å². The Kier molecular flexibility index (Phi) is 4.46. The molecule has 0 bridgehead atoms. The number of aryl methyl sites for hydroxylation is 1. The zero-order valence-corrected chi connectivity index (χ0v) is 12.3. The molecule has 0 spiro atoms. The van der Waals surface area contributed by atoms with Crippen molar-refractivity contribution in [1.82, 2.24) is 15.0 Å². The Bertz CT molecular complexity index is 650. The first-order valence-corrected chi connectivity index (χ1v) is 7.59. The summed E-state index contributed by atoms with van der Waals surface area (Å²) in [5, 5.41) is 3.79. The third-order valence-corrected chi connectivity index (χ3v) is 3.84. The normalized spacial score (nSPS) is 15.0. The van der Waals surface area contributed by atoms with Crippen LogP contribution in [0.4, 0.5) is 4.39 Å². The minimum Gasteiger partial charge on any atom is -0.343 e. The zero-order valence-electron chi connectivity index (χ0n) is 12.3. The minimum atomic E-state index is -0.390. The molecule has 1 saturated heterocycles. The molecular formula is C16H18FN3O2. The molecule has 1 aromatic heterocycles. The second kappa shape index (κ2) is 6.68. The van der Waals surface area contributed by atoms with E-state index in [1.54, 1.807) is 18.2 Å². The molecule has 0 N–H and O–H groups in total. The van der Waals surface area contributed by atoms with Gasteiger partial charge in [0.2, 0.25) is 17.6 Å². The summed E-state index contributed by atoms with van der Waals surface area (Å²) < 4.78 is 18.8. The van der Waals surface area contributed by atoms with Crippen molar-refractivity contribution in [3.63, 3.8) is 0 Å². The molecule has 1 fully saturated rings. The lowest BCUT2D eigenvalue weighted by Crippen LogP contribution is -2.35. The van der Waals surface area contributed by atoms with Crippen molar-refractivity contribution in [2.75, 3.05) is 13.1 Å². The molecule has 2 heterocycles. The lowest BCUT2D eigenvalue weighted by molar-refractivity contribution is -0.132. The van der Waals surface area contributed by atoms with Crippen molar-refractivity contribution in [2.24, 2.45) is 0 Å². The molecule has 116 valence electrons. The number of amides is 1. The van der Waals surface area contributed by atoms with Crippen molar-refractivity contribution >= 4 is 5.91 Å². The highest BCUT2D eigenvalue weighted by atomic mass is 19.1. The highest BCUT2D eigenvalue weighted by molar-refractivity contribution is 5.76. The molecule has 0 unspecified atom stereocenters. The Morgan fingerprint density at radius 2 is 2.00 bits per heavy atom. The van der Waals surface area contributed by atoms with Gasteiger partial charge in [-0.05, 0) is 31.4 Å². The summed E-state index contributed by atoms with van der Waals surface area (Å²) >= 11 is 0. The smallest absolute Gasteiger partial charge is 0.227 e. The molecule has 3 rings (SSSR count). The zero-order chi connectivity index (χ0) is 15.4. The number of likely N-dealkylation sites (tertiary alicyclic amines) is 1. The van der Waals surface area contributed by atoms with E-state index in [0.717, 1.165) is 25.9 Å². The molecule has 1 amide bonds. The van der Waals surface area contributed by atoms with Crippen molar-refractivity contribution in [3.05, 3.63) is 36.0 Å². The number of rotatable bonds is 4. The van der Waals surface area contributed by atoms with Gasteiger partial charge in [0.1, 0.15) is 5.82 Å². The molecule has 2 aromatic rings. The SMILES string of the molecule is O=C(CCc1nc(-c2ccccc2F)no1)N1CCCCC1. The van der Waals surface area contributed by atoms with E-state index in [4.69, 9.17) is 4.52 Å². The standard InChI is InChI=1S/C16H18FN3O2/c17-13-7-3-2-6-12(13)16-18-14(22-19-16)8-9-15(21)20-10-4-1-5-11-20/h2-3,6-7H,1,4-5,8-11H2. The van der Waals surface area contributed by atoms with Gasteiger partial charge in [-0.25, -0.2) is 4.39 Å². The van der Waals surface area contributed by atoms with Gasteiger partial charge in [-0.3, -0.25) is 4.79 Å². The molecule has 1 aromatic carbocycles. The number of benzene rings is 1. The Labute approximate surface area is 128 Å². The summed E-state index contributed by atoms with van der Waals surface area (Å²) in [7, 11) is 0. The number of carbonyl (C=O) groups is 1. The highest BCUT2D eigenvalue weighted by Crippen LogP contribution is 2.19. The van der Waals surface area contributed by atoms with Gasteiger partial charge in [-0.15, -0.1) is 0 Å². The summed E-state index contributed by atoms with van der Waals surface area (Å²) in [5.41, 5.74) is 0.305. The Morgan fingerprint density at radius 1 is 1.23 bits per heavy atom. The first-order chi connectivity index (χ1) is 10.7. The fourth-order valence-corrected chi connectivity index (χ4v) is 2.62. The molecule has 22 heavy (non-hydrogen) atoms. The fraction of sp³-hybridized carbons (Fsp3) is 0.438. The van der Waals surface area contributed by atoms with Crippen LogP contribution < -0.4 is 0 Å². The van der Waals surface area contributed by atoms with Gasteiger partial charge >= 0.3 is 0 Å². The van der Waals surface area contributed by atoms with Crippen LogP contribution in [0.1, 0.15) is 31.6 Å². The Morgan fingerprint density at radius 3 is 2.77 bits per heavy atom. The van der Waals surface area contributed by atoms with Crippen molar-refractivity contribution in [3.8, 4) is 11.4 Å². The van der Waals surface area contributed by atoms with E-state index in [0.29, 0.717) is 24.3 Å². The first kappa shape index (κ1) is 14.7. The van der Waals surface area contributed by atoms with Crippen LogP contribution in [0.3, 0.4) is 0 Å². The van der Waals surface area contributed by atoms with Crippen LogP contribution in [0, 0.1) is 5.82 Å². The molecule has 0 atom stereocenters.